The highest BCUT2D eigenvalue weighted by atomic mass is 32.1. The van der Waals surface area contributed by atoms with Crippen molar-refractivity contribution in [3.05, 3.63) is 51.1 Å². The van der Waals surface area contributed by atoms with Crippen LogP contribution in [-0.4, -0.2) is 16.9 Å². The first-order valence-corrected chi connectivity index (χ1v) is 7.69. The van der Waals surface area contributed by atoms with Crippen LogP contribution in [0.4, 0.5) is 5.69 Å². The van der Waals surface area contributed by atoms with Crippen LogP contribution in [0.1, 0.15) is 11.8 Å². The third-order valence-electron chi connectivity index (χ3n) is 3.21. The number of carbonyl (C=O) groups excluding carboxylic acids is 1. The van der Waals surface area contributed by atoms with Crippen molar-refractivity contribution in [1.82, 2.24) is 10.3 Å². The zero-order valence-corrected chi connectivity index (χ0v) is 12.7. The number of H-pyrrole nitrogens is 1. The quantitative estimate of drug-likeness (QED) is 0.674. The first-order chi connectivity index (χ1) is 10.6. The first-order valence-electron chi connectivity index (χ1n) is 6.81. The minimum Gasteiger partial charge on any atom is -0.408 e. The number of aromatic amines is 1. The van der Waals surface area contributed by atoms with E-state index in [-0.39, 0.29) is 5.91 Å². The van der Waals surface area contributed by atoms with Gasteiger partial charge in [-0.25, -0.2) is 4.79 Å². The third kappa shape index (κ3) is 3.20. The number of anilines is 1. The van der Waals surface area contributed by atoms with E-state index in [0.29, 0.717) is 17.6 Å². The van der Waals surface area contributed by atoms with Crippen molar-refractivity contribution < 1.29 is 9.21 Å². The van der Waals surface area contributed by atoms with Crippen LogP contribution >= 0.6 is 11.3 Å². The number of oxazole rings is 1. The summed E-state index contributed by atoms with van der Waals surface area (Å²) >= 11 is 1.61. The van der Waals surface area contributed by atoms with E-state index in [1.807, 2.05) is 17.5 Å². The van der Waals surface area contributed by atoms with Gasteiger partial charge < -0.3 is 15.1 Å². The molecule has 1 amide bonds. The summed E-state index contributed by atoms with van der Waals surface area (Å²) in [6, 6.07) is 8.73. The highest BCUT2D eigenvalue weighted by Gasteiger charge is 2.13. The predicted octanol–water partition coefficient (Wildman–Crippen LogP) is 2.30. The van der Waals surface area contributed by atoms with Crippen LogP contribution in [-0.2, 0) is 11.3 Å². The fraction of sp³-hybridized carbons (Fsp3) is 0.200. The maximum Gasteiger partial charge on any atom is 0.417 e. The number of benzene rings is 1. The fourth-order valence-corrected chi connectivity index (χ4v) is 2.74. The normalized spacial score (nSPS) is 12.2. The predicted molar refractivity (Wildman–Crippen MR) is 86.1 cm³/mol. The van der Waals surface area contributed by atoms with E-state index in [9.17, 15) is 9.59 Å². The average Bonchev–Trinajstić information content (AvgIpc) is 3.12. The van der Waals surface area contributed by atoms with Gasteiger partial charge in [0.1, 0.15) is 6.04 Å². The van der Waals surface area contributed by atoms with Crippen LogP contribution in [0.15, 0.2) is 44.9 Å². The molecule has 3 aromatic rings. The van der Waals surface area contributed by atoms with Gasteiger partial charge in [-0.05, 0) is 36.6 Å². The van der Waals surface area contributed by atoms with Gasteiger partial charge in [-0.2, -0.15) is 0 Å². The molecule has 2 aromatic heterocycles. The molecule has 1 atom stereocenters. The number of rotatable bonds is 5. The Hall–Kier alpha value is -2.54. The molecule has 7 heteroatoms. The Bertz CT molecular complexity index is 835. The minimum absolute atomic E-state index is 0.0887. The van der Waals surface area contributed by atoms with E-state index >= 15 is 0 Å². The number of amides is 1. The van der Waals surface area contributed by atoms with Gasteiger partial charge in [-0.3, -0.25) is 9.78 Å². The summed E-state index contributed by atoms with van der Waals surface area (Å²) in [6.07, 6.45) is 0. The molecule has 114 valence electrons. The van der Waals surface area contributed by atoms with E-state index in [0.717, 1.165) is 10.6 Å². The fourth-order valence-electron chi connectivity index (χ4n) is 2.10. The lowest BCUT2D eigenvalue weighted by atomic mass is 10.2. The van der Waals surface area contributed by atoms with Crippen LogP contribution in [0, 0.1) is 0 Å². The van der Waals surface area contributed by atoms with Gasteiger partial charge >= 0.3 is 5.76 Å². The number of fused-ring (bicyclic) bond motifs is 1. The molecule has 0 saturated heterocycles. The second kappa shape index (κ2) is 6.07. The average molecular weight is 317 g/mol. The zero-order valence-electron chi connectivity index (χ0n) is 11.9. The lowest BCUT2D eigenvalue weighted by Crippen LogP contribution is -2.37. The largest absolute Gasteiger partial charge is 0.417 e. The van der Waals surface area contributed by atoms with Gasteiger partial charge in [0.2, 0.25) is 5.91 Å². The summed E-state index contributed by atoms with van der Waals surface area (Å²) in [5, 5.41) is 7.96. The van der Waals surface area contributed by atoms with Crippen molar-refractivity contribution in [2.75, 3.05) is 5.32 Å². The smallest absolute Gasteiger partial charge is 0.408 e. The first kappa shape index (κ1) is 14.4. The summed E-state index contributed by atoms with van der Waals surface area (Å²) in [5.74, 6) is -0.580. The standard InChI is InChI=1S/C15H15N3O3S/c1-9(14(19)16-8-11-3-2-6-22-11)17-10-4-5-13-12(7-10)18-15(20)21-13/h2-7,9,17H,8H2,1H3,(H,16,19)(H,18,20). The van der Waals surface area contributed by atoms with E-state index in [2.05, 4.69) is 15.6 Å². The molecule has 0 spiro atoms. The Morgan fingerprint density at radius 2 is 2.27 bits per heavy atom. The molecule has 2 heterocycles. The third-order valence-corrected chi connectivity index (χ3v) is 4.09. The lowest BCUT2D eigenvalue weighted by Gasteiger charge is -2.14. The monoisotopic (exact) mass is 317 g/mol. The van der Waals surface area contributed by atoms with Crippen LogP contribution in [0.3, 0.4) is 0 Å². The van der Waals surface area contributed by atoms with Gasteiger partial charge in [-0.1, -0.05) is 6.07 Å². The van der Waals surface area contributed by atoms with Crippen molar-refractivity contribution in [3.8, 4) is 0 Å². The van der Waals surface area contributed by atoms with Crippen molar-refractivity contribution in [3.63, 3.8) is 0 Å². The molecule has 0 aliphatic heterocycles. The molecule has 1 aromatic carbocycles. The minimum atomic E-state index is -0.492. The molecular weight excluding hydrogens is 302 g/mol. The van der Waals surface area contributed by atoms with Crippen LogP contribution in [0.25, 0.3) is 11.1 Å². The summed E-state index contributed by atoms with van der Waals surface area (Å²) in [7, 11) is 0. The van der Waals surface area contributed by atoms with Crippen LogP contribution < -0.4 is 16.4 Å². The molecule has 6 nitrogen and oxygen atoms in total. The Kier molecular flexibility index (Phi) is 3.97. The number of hydrogen-bond acceptors (Lipinski definition) is 5. The molecule has 0 aliphatic carbocycles. The van der Waals surface area contributed by atoms with Crippen LogP contribution in [0.5, 0.6) is 0 Å². The Morgan fingerprint density at radius 3 is 3.05 bits per heavy atom. The summed E-state index contributed by atoms with van der Waals surface area (Å²) in [5.41, 5.74) is 1.83. The molecule has 0 radical (unpaired) electrons. The van der Waals surface area contributed by atoms with Crippen molar-refractivity contribution in [2.24, 2.45) is 0 Å². The molecule has 3 rings (SSSR count). The lowest BCUT2D eigenvalue weighted by molar-refractivity contribution is -0.121. The van der Waals surface area contributed by atoms with Gasteiger partial charge in [0.25, 0.3) is 0 Å². The zero-order chi connectivity index (χ0) is 15.5. The molecule has 0 saturated carbocycles. The topological polar surface area (TPSA) is 87.1 Å². The van der Waals surface area contributed by atoms with Crippen molar-refractivity contribution in [1.29, 1.82) is 0 Å². The highest BCUT2D eigenvalue weighted by molar-refractivity contribution is 7.09. The number of hydrogen-bond donors (Lipinski definition) is 3. The maximum atomic E-state index is 12.1. The van der Waals surface area contributed by atoms with E-state index in [4.69, 9.17) is 4.42 Å². The van der Waals surface area contributed by atoms with E-state index in [1.165, 1.54) is 0 Å². The second-order valence-corrected chi connectivity index (χ2v) is 5.92. The molecular formula is C15H15N3O3S. The maximum absolute atomic E-state index is 12.1. The summed E-state index contributed by atoms with van der Waals surface area (Å²) in [4.78, 5) is 26.9. The van der Waals surface area contributed by atoms with Crippen molar-refractivity contribution in [2.45, 2.75) is 19.5 Å². The van der Waals surface area contributed by atoms with Gasteiger partial charge in [-0.15, -0.1) is 11.3 Å². The molecule has 0 bridgehead atoms. The van der Waals surface area contributed by atoms with Gasteiger partial charge in [0.05, 0.1) is 12.1 Å². The molecule has 0 aliphatic rings. The Labute approximate surface area is 130 Å². The van der Waals surface area contributed by atoms with E-state index < -0.39 is 11.8 Å². The SMILES string of the molecule is CC(Nc1ccc2oc(=O)[nH]c2c1)C(=O)NCc1cccs1. The second-order valence-electron chi connectivity index (χ2n) is 4.89. The number of aromatic nitrogens is 1. The van der Waals surface area contributed by atoms with Crippen LogP contribution in [0.2, 0.25) is 0 Å². The molecule has 3 N–H and O–H groups in total. The Morgan fingerprint density at radius 1 is 1.41 bits per heavy atom. The number of thiophene rings is 1. The highest BCUT2D eigenvalue weighted by Crippen LogP contribution is 2.17. The summed E-state index contributed by atoms with van der Waals surface area (Å²) in [6.45, 7) is 2.31. The number of nitrogens with one attached hydrogen (secondary N) is 3. The Balaban J connectivity index is 1.62. The van der Waals surface area contributed by atoms with Gasteiger partial charge in [0.15, 0.2) is 5.58 Å². The van der Waals surface area contributed by atoms with Gasteiger partial charge in [0, 0.05) is 10.6 Å². The molecule has 1 unspecified atom stereocenters. The molecule has 22 heavy (non-hydrogen) atoms. The molecule has 0 fully saturated rings. The summed E-state index contributed by atoms with van der Waals surface area (Å²) < 4.78 is 4.94. The van der Waals surface area contributed by atoms with E-state index in [1.54, 1.807) is 36.5 Å². The number of carbonyl (C=O) groups is 1. The van der Waals surface area contributed by atoms with Crippen molar-refractivity contribution >= 4 is 34.0 Å².